The van der Waals surface area contributed by atoms with Crippen molar-refractivity contribution in [3.63, 3.8) is 0 Å². The molecule has 0 aromatic rings. The Kier molecular flexibility index (Phi) is 35.9. The molecule has 6 heteroatoms. The molecule has 0 amide bonds. The van der Waals surface area contributed by atoms with E-state index in [9.17, 15) is 4.57 Å². The summed E-state index contributed by atoms with van der Waals surface area (Å²) < 4.78 is 11.7. The Labute approximate surface area is 280 Å². The van der Waals surface area contributed by atoms with E-state index in [-0.39, 0.29) is 6.16 Å². The highest BCUT2D eigenvalue weighted by molar-refractivity contribution is 8.11. The van der Waals surface area contributed by atoms with Crippen LogP contribution in [0.2, 0.25) is 0 Å². The van der Waals surface area contributed by atoms with Crippen molar-refractivity contribution in [2.24, 2.45) is 0 Å². The van der Waals surface area contributed by atoms with E-state index in [0.29, 0.717) is 6.42 Å². The lowest BCUT2D eigenvalue weighted by Crippen LogP contribution is -1.88. The van der Waals surface area contributed by atoms with E-state index in [1.54, 1.807) is 0 Å². The van der Waals surface area contributed by atoms with Crippen LogP contribution in [0.1, 0.15) is 225 Å². The number of hydrogen-bond acceptors (Lipinski definition) is 2. The zero-order valence-electron chi connectivity index (χ0n) is 28.6. The zero-order chi connectivity index (χ0) is 31.5. The van der Waals surface area contributed by atoms with Crippen LogP contribution < -0.4 is 0 Å². The summed E-state index contributed by atoms with van der Waals surface area (Å²) in [6.07, 6.45) is 47.5. The fourth-order valence-corrected chi connectivity index (χ4v) is 7.19. The number of hydrogen-bond donors (Lipinski definition) is 3. The van der Waals surface area contributed by atoms with Gasteiger partial charge in [0.1, 0.15) is 0 Å². The molecule has 0 rings (SSSR count). The molecular formula is C37H75O3PS2. The summed E-state index contributed by atoms with van der Waals surface area (Å²) in [6, 6.07) is 0. The third-order valence-electron chi connectivity index (χ3n) is 9.09. The normalized spacial score (nSPS) is 11.9. The van der Waals surface area contributed by atoms with Crippen LogP contribution in [0.3, 0.4) is 0 Å². The first kappa shape index (κ1) is 43.6. The van der Waals surface area contributed by atoms with Crippen molar-refractivity contribution in [2.75, 3.05) is 6.16 Å². The van der Waals surface area contributed by atoms with E-state index in [1.165, 1.54) is 199 Å². The fourth-order valence-electron chi connectivity index (χ4n) is 6.25. The molecule has 0 unspecified atom stereocenters. The predicted molar refractivity (Wildman–Crippen MR) is 200 cm³/mol. The Morgan fingerprint density at radius 2 is 0.535 bits per heavy atom. The van der Waals surface area contributed by atoms with Crippen molar-refractivity contribution in [1.29, 1.82) is 0 Å². The molecule has 0 atom stereocenters. The third-order valence-corrected chi connectivity index (χ3v) is 10.4. The van der Waals surface area contributed by atoms with Crippen LogP contribution in [-0.4, -0.2) is 20.1 Å². The van der Waals surface area contributed by atoms with E-state index in [1.807, 2.05) is 0 Å². The maximum absolute atomic E-state index is 10.8. The molecular weight excluding hydrogens is 588 g/mol. The highest BCUT2D eigenvalue weighted by Gasteiger charge is 2.10. The van der Waals surface area contributed by atoms with Gasteiger partial charge in [0, 0.05) is 10.4 Å². The molecule has 258 valence electrons. The topological polar surface area (TPSA) is 57.5 Å². The monoisotopic (exact) mass is 662 g/mol. The maximum atomic E-state index is 10.8. The minimum absolute atomic E-state index is 0.0597. The van der Waals surface area contributed by atoms with E-state index >= 15 is 0 Å². The second kappa shape index (κ2) is 35.4. The van der Waals surface area contributed by atoms with Crippen molar-refractivity contribution in [1.82, 2.24) is 0 Å². The van der Waals surface area contributed by atoms with E-state index in [0.717, 1.165) is 23.5 Å². The fraction of sp³-hybridized carbons (Fsp3) is 0.973. The molecule has 0 fully saturated rings. The number of rotatable bonds is 37. The second-order valence-electron chi connectivity index (χ2n) is 13.6. The van der Waals surface area contributed by atoms with Crippen LogP contribution in [0, 0.1) is 0 Å². The summed E-state index contributed by atoms with van der Waals surface area (Å²) >= 11 is 9.21. The average Bonchev–Trinajstić information content (AvgIpc) is 2.96. The minimum Gasteiger partial charge on any atom is -0.324 e. The molecule has 0 aliphatic carbocycles. The van der Waals surface area contributed by atoms with E-state index in [4.69, 9.17) is 22.0 Å². The van der Waals surface area contributed by atoms with Gasteiger partial charge in [-0.1, -0.05) is 218 Å². The Morgan fingerprint density at radius 1 is 0.372 bits per heavy atom. The lowest BCUT2D eigenvalue weighted by atomic mass is 10.0. The molecule has 0 heterocycles. The first-order valence-electron chi connectivity index (χ1n) is 19.2. The highest BCUT2D eigenvalue weighted by Crippen LogP contribution is 2.35. The SMILES string of the molecule is O=P(O)(O)CCCCCCCCCCCCCCCCCCCCCCCCCCCCCCCCCCCCC(=S)S. The van der Waals surface area contributed by atoms with E-state index in [2.05, 4.69) is 12.6 Å². The Balaban J connectivity index is 3.06. The van der Waals surface area contributed by atoms with Gasteiger partial charge in [-0.05, 0) is 19.3 Å². The van der Waals surface area contributed by atoms with Gasteiger partial charge in [-0.3, -0.25) is 4.57 Å². The largest absolute Gasteiger partial charge is 0.325 e. The molecule has 0 radical (unpaired) electrons. The van der Waals surface area contributed by atoms with Gasteiger partial charge in [-0.15, -0.1) is 12.6 Å². The smallest absolute Gasteiger partial charge is 0.324 e. The van der Waals surface area contributed by atoms with Crippen LogP contribution in [0.15, 0.2) is 0 Å². The van der Waals surface area contributed by atoms with Crippen LogP contribution >= 0.6 is 32.4 Å². The molecule has 0 saturated heterocycles. The van der Waals surface area contributed by atoms with Crippen LogP contribution in [-0.2, 0) is 4.57 Å². The second-order valence-corrected chi connectivity index (χ2v) is 16.7. The van der Waals surface area contributed by atoms with E-state index < -0.39 is 7.60 Å². The van der Waals surface area contributed by atoms with Gasteiger partial charge in [-0.25, -0.2) is 0 Å². The Hall–Kier alpha value is 0.590. The molecule has 0 bridgehead atoms. The average molecular weight is 663 g/mol. The van der Waals surface area contributed by atoms with Gasteiger partial charge in [0.05, 0.1) is 0 Å². The van der Waals surface area contributed by atoms with Gasteiger partial charge in [0.15, 0.2) is 0 Å². The summed E-state index contributed by atoms with van der Waals surface area (Å²) in [7, 11) is -3.77. The van der Waals surface area contributed by atoms with Crippen molar-refractivity contribution in [3.8, 4) is 0 Å². The number of thiol groups is 1. The summed E-state index contributed by atoms with van der Waals surface area (Å²) in [4.78, 5) is 17.7. The first-order chi connectivity index (χ1) is 20.9. The van der Waals surface area contributed by atoms with Gasteiger partial charge in [0.2, 0.25) is 0 Å². The quantitative estimate of drug-likeness (QED) is 0.0268. The van der Waals surface area contributed by atoms with Gasteiger partial charge < -0.3 is 9.79 Å². The number of thiocarbonyl (C=S) groups is 1. The van der Waals surface area contributed by atoms with Crippen molar-refractivity contribution < 1.29 is 14.4 Å². The van der Waals surface area contributed by atoms with Gasteiger partial charge in [-0.2, -0.15) is 0 Å². The molecule has 43 heavy (non-hydrogen) atoms. The van der Waals surface area contributed by atoms with Crippen molar-refractivity contribution in [2.45, 2.75) is 225 Å². The van der Waals surface area contributed by atoms with Crippen molar-refractivity contribution >= 4 is 36.6 Å². The summed E-state index contributed by atoms with van der Waals surface area (Å²) in [5.41, 5.74) is 0. The van der Waals surface area contributed by atoms with Gasteiger partial charge in [0.25, 0.3) is 0 Å². The highest BCUT2D eigenvalue weighted by atomic mass is 32.1. The van der Waals surface area contributed by atoms with Crippen LogP contribution in [0.4, 0.5) is 0 Å². The van der Waals surface area contributed by atoms with Gasteiger partial charge >= 0.3 is 7.60 Å². The van der Waals surface area contributed by atoms with Crippen molar-refractivity contribution in [3.05, 3.63) is 0 Å². The van der Waals surface area contributed by atoms with Crippen LogP contribution in [0.25, 0.3) is 0 Å². The van der Waals surface area contributed by atoms with Crippen LogP contribution in [0.5, 0.6) is 0 Å². The molecule has 0 aromatic heterocycles. The maximum Gasteiger partial charge on any atom is 0.325 e. The molecule has 0 saturated carbocycles. The molecule has 2 N–H and O–H groups in total. The molecule has 0 spiro atoms. The zero-order valence-corrected chi connectivity index (χ0v) is 31.2. The predicted octanol–water partition coefficient (Wildman–Crippen LogP) is 14.1. The Morgan fingerprint density at radius 3 is 0.698 bits per heavy atom. The molecule has 0 aliphatic rings. The molecule has 3 nitrogen and oxygen atoms in total. The molecule has 0 aromatic carbocycles. The lowest BCUT2D eigenvalue weighted by molar-refractivity contribution is 0.370. The Bertz CT molecular complexity index is 611. The summed E-state index contributed by atoms with van der Waals surface area (Å²) in [5.74, 6) is 0. The standard InChI is InChI=1S/C37H75O3PS2/c38-41(39,40)36-34-32-30-28-26-24-22-20-18-16-14-12-10-8-6-4-2-1-3-5-7-9-11-13-15-17-19-21-23-25-27-29-31-33-35-37(42)43/h1-36H2,(H,42,43)(H2,38,39,40). The first-order valence-corrected chi connectivity index (χ1v) is 21.8. The minimum atomic E-state index is -3.77. The summed E-state index contributed by atoms with van der Waals surface area (Å²) in [5, 5.41) is 0. The lowest BCUT2D eigenvalue weighted by Gasteiger charge is -2.05. The summed E-state index contributed by atoms with van der Waals surface area (Å²) in [6.45, 7) is 0. The molecule has 0 aliphatic heterocycles. The third kappa shape index (κ3) is 42.6. The number of unbranched alkanes of at least 4 members (excludes halogenated alkanes) is 33.